The Labute approximate surface area is 146 Å². The summed E-state index contributed by atoms with van der Waals surface area (Å²) in [5, 5.41) is 11.5. The first-order chi connectivity index (χ1) is 11.4. The van der Waals surface area contributed by atoms with Crippen LogP contribution in [0.4, 0.5) is 10.1 Å². The van der Waals surface area contributed by atoms with Gasteiger partial charge in [0.1, 0.15) is 17.4 Å². The van der Waals surface area contributed by atoms with Crippen LogP contribution in [0, 0.1) is 17.1 Å². The topological polar surface area (TPSA) is 79.2 Å². The van der Waals surface area contributed by atoms with Crippen molar-refractivity contribution < 1.29 is 18.7 Å². The zero-order valence-corrected chi connectivity index (χ0v) is 13.5. The van der Waals surface area contributed by atoms with Crippen molar-refractivity contribution in [1.82, 2.24) is 0 Å². The molecule has 0 bridgehead atoms. The molecular formula is C16H9Cl2FN2O3. The Kier molecular flexibility index (Phi) is 5.74. The summed E-state index contributed by atoms with van der Waals surface area (Å²) >= 11 is 11.5. The highest BCUT2D eigenvalue weighted by Gasteiger charge is 2.18. The van der Waals surface area contributed by atoms with Crippen molar-refractivity contribution in [3.05, 3.63) is 63.4 Å². The molecule has 2 aromatic rings. The summed E-state index contributed by atoms with van der Waals surface area (Å²) in [6, 6.07) is 9.91. The number of hydrogen-bond acceptors (Lipinski definition) is 4. The number of esters is 1. The Morgan fingerprint density at radius 2 is 2.00 bits per heavy atom. The lowest BCUT2D eigenvalue weighted by molar-refractivity contribution is -0.119. The summed E-state index contributed by atoms with van der Waals surface area (Å²) in [6.07, 6.45) is 0. The highest BCUT2D eigenvalue weighted by Crippen LogP contribution is 2.21. The highest BCUT2D eigenvalue weighted by atomic mass is 35.5. The Hall–Kier alpha value is -2.62. The molecule has 0 spiro atoms. The molecule has 8 heteroatoms. The lowest BCUT2D eigenvalue weighted by atomic mass is 10.2. The minimum absolute atomic E-state index is 0.123. The van der Waals surface area contributed by atoms with E-state index >= 15 is 0 Å². The molecule has 0 aliphatic carbocycles. The lowest BCUT2D eigenvalue weighted by Crippen LogP contribution is -2.22. The summed E-state index contributed by atoms with van der Waals surface area (Å²) in [4.78, 5) is 23.7. The van der Waals surface area contributed by atoms with Gasteiger partial charge in [0, 0.05) is 5.02 Å². The molecular weight excluding hydrogens is 358 g/mol. The Bertz CT molecular complexity index is 829. The maximum atomic E-state index is 13.6. The van der Waals surface area contributed by atoms with Crippen molar-refractivity contribution in [2.45, 2.75) is 0 Å². The molecule has 0 unspecified atom stereocenters. The van der Waals surface area contributed by atoms with Crippen LogP contribution in [0.5, 0.6) is 0 Å². The average molecular weight is 367 g/mol. The Morgan fingerprint density at radius 1 is 1.25 bits per heavy atom. The van der Waals surface area contributed by atoms with Crippen molar-refractivity contribution in [1.29, 1.82) is 5.26 Å². The van der Waals surface area contributed by atoms with Gasteiger partial charge in [-0.25, -0.2) is 9.18 Å². The van der Waals surface area contributed by atoms with Crippen molar-refractivity contribution in [2.75, 3.05) is 11.9 Å². The van der Waals surface area contributed by atoms with E-state index in [-0.39, 0.29) is 16.3 Å². The first-order valence-corrected chi connectivity index (χ1v) is 7.28. The largest absolute Gasteiger partial charge is 0.452 e. The Balaban J connectivity index is 2.03. The fourth-order valence-electron chi connectivity index (χ4n) is 1.80. The van der Waals surface area contributed by atoms with Crippen molar-refractivity contribution in [3.8, 4) is 6.07 Å². The van der Waals surface area contributed by atoms with Crippen LogP contribution in [0.3, 0.4) is 0 Å². The quantitative estimate of drug-likeness (QED) is 0.834. The molecule has 0 aromatic heterocycles. The normalized spacial score (nSPS) is 9.92. The fourth-order valence-corrected chi connectivity index (χ4v) is 2.21. The van der Waals surface area contributed by atoms with Crippen LogP contribution in [0.2, 0.25) is 10.0 Å². The molecule has 0 heterocycles. The number of hydrogen-bond donors (Lipinski definition) is 1. The van der Waals surface area contributed by atoms with Gasteiger partial charge in [0.05, 0.1) is 16.3 Å². The van der Waals surface area contributed by atoms with Gasteiger partial charge in [0.15, 0.2) is 6.61 Å². The molecule has 0 saturated heterocycles. The van der Waals surface area contributed by atoms with Crippen LogP contribution in [-0.4, -0.2) is 18.5 Å². The second-order valence-corrected chi connectivity index (χ2v) is 5.37. The highest BCUT2D eigenvalue weighted by molar-refractivity contribution is 6.33. The van der Waals surface area contributed by atoms with E-state index in [1.54, 1.807) is 0 Å². The minimum Gasteiger partial charge on any atom is -0.452 e. The van der Waals surface area contributed by atoms with Gasteiger partial charge < -0.3 is 10.1 Å². The molecule has 0 saturated carbocycles. The molecule has 2 rings (SSSR count). The standard InChI is InChI=1S/C16H9Cl2FN2O3/c17-10-5-4-9(7-20)13(6-10)21-14(22)8-24-16(23)15-11(18)2-1-3-12(15)19/h1-6H,8H2,(H,21,22). The van der Waals surface area contributed by atoms with E-state index in [0.717, 1.165) is 6.07 Å². The lowest BCUT2D eigenvalue weighted by Gasteiger charge is -2.09. The second-order valence-electron chi connectivity index (χ2n) is 4.52. The van der Waals surface area contributed by atoms with Gasteiger partial charge in [-0.3, -0.25) is 4.79 Å². The number of halogens is 3. The van der Waals surface area contributed by atoms with E-state index in [0.29, 0.717) is 5.02 Å². The van der Waals surface area contributed by atoms with Crippen molar-refractivity contribution >= 4 is 40.8 Å². The summed E-state index contributed by atoms with van der Waals surface area (Å²) < 4.78 is 18.3. The molecule has 24 heavy (non-hydrogen) atoms. The maximum Gasteiger partial charge on any atom is 0.343 e. The van der Waals surface area contributed by atoms with E-state index in [1.807, 2.05) is 6.07 Å². The van der Waals surface area contributed by atoms with Crippen LogP contribution >= 0.6 is 23.2 Å². The predicted molar refractivity (Wildman–Crippen MR) is 86.5 cm³/mol. The van der Waals surface area contributed by atoms with E-state index in [4.69, 9.17) is 33.2 Å². The number of carbonyl (C=O) groups excluding carboxylic acids is 2. The molecule has 1 amide bonds. The molecule has 0 atom stereocenters. The fraction of sp³-hybridized carbons (Fsp3) is 0.0625. The van der Waals surface area contributed by atoms with Gasteiger partial charge in [-0.05, 0) is 30.3 Å². The number of benzene rings is 2. The third-order valence-corrected chi connectivity index (χ3v) is 3.43. The number of nitrogens with zero attached hydrogens (tertiary/aromatic N) is 1. The first-order valence-electron chi connectivity index (χ1n) is 6.53. The zero-order valence-electron chi connectivity index (χ0n) is 12.0. The summed E-state index contributed by atoms with van der Waals surface area (Å²) in [7, 11) is 0. The molecule has 0 aliphatic heterocycles. The number of nitrogens with one attached hydrogen (secondary N) is 1. The number of rotatable bonds is 4. The molecule has 0 aliphatic rings. The maximum absolute atomic E-state index is 13.6. The molecule has 0 radical (unpaired) electrons. The van der Waals surface area contributed by atoms with Crippen LogP contribution in [-0.2, 0) is 9.53 Å². The Morgan fingerprint density at radius 3 is 2.67 bits per heavy atom. The van der Waals surface area contributed by atoms with E-state index in [2.05, 4.69) is 5.32 Å². The van der Waals surface area contributed by atoms with Crippen molar-refractivity contribution in [3.63, 3.8) is 0 Å². The average Bonchev–Trinajstić information content (AvgIpc) is 2.53. The van der Waals surface area contributed by atoms with Crippen LogP contribution in [0.15, 0.2) is 36.4 Å². The second kappa shape index (κ2) is 7.77. The van der Waals surface area contributed by atoms with Gasteiger partial charge in [-0.15, -0.1) is 0 Å². The smallest absolute Gasteiger partial charge is 0.343 e. The number of ether oxygens (including phenoxy) is 1. The van der Waals surface area contributed by atoms with Gasteiger partial charge in [0.25, 0.3) is 5.91 Å². The number of carbonyl (C=O) groups is 2. The third-order valence-electron chi connectivity index (χ3n) is 2.88. The van der Waals surface area contributed by atoms with Gasteiger partial charge in [-0.2, -0.15) is 5.26 Å². The monoisotopic (exact) mass is 366 g/mol. The van der Waals surface area contributed by atoms with E-state index < -0.39 is 29.9 Å². The summed E-state index contributed by atoms with van der Waals surface area (Å²) in [5.74, 6) is -2.64. The molecule has 2 aromatic carbocycles. The van der Waals surface area contributed by atoms with Crippen LogP contribution in [0.1, 0.15) is 15.9 Å². The van der Waals surface area contributed by atoms with Gasteiger partial charge in [-0.1, -0.05) is 29.3 Å². The van der Waals surface area contributed by atoms with Crippen LogP contribution < -0.4 is 5.32 Å². The van der Waals surface area contributed by atoms with Crippen molar-refractivity contribution in [2.24, 2.45) is 0 Å². The summed E-state index contributed by atoms with van der Waals surface area (Å²) in [5.41, 5.74) is -0.0846. The molecule has 0 fully saturated rings. The third kappa shape index (κ3) is 4.22. The zero-order chi connectivity index (χ0) is 17.7. The minimum atomic E-state index is -1.07. The predicted octanol–water partition coefficient (Wildman–Crippen LogP) is 3.80. The number of anilines is 1. The summed E-state index contributed by atoms with van der Waals surface area (Å²) in [6.45, 7) is -0.680. The number of amides is 1. The first kappa shape index (κ1) is 17.7. The van der Waals surface area contributed by atoms with Gasteiger partial charge in [0.2, 0.25) is 0 Å². The van der Waals surface area contributed by atoms with Crippen LogP contribution in [0.25, 0.3) is 0 Å². The SMILES string of the molecule is N#Cc1ccc(Cl)cc1NC(=O)COC(=O)c1c(F)cccc1Cl. The molecule has 1 N–H and O–H groups in total. The molecule has 5 nitrogen and oxygen atoms in total. The van der Waals surface area contributed by atoms with Gasteiger partial charge >= 0.3 is 5.97 Å². The van der Waals surface area contributed by atoms with E-state index in [9.17, 15) is 14.0 Å². The number of nitriles is 1. The van der Waals surface area contributed by atoms with E-state index in [1.165, 1.54) is 30.3 Å². The molecule has 122 valence electrons.